The third-order valence-corrected chi connectivity index (χ3v) is 2.86. The van der Waals surface area contributed by atoms with Crippen molar-refractivity contribution in [3.63, 3.8) is 0 Å². The first-order valence-electron chi connectivity index (χ1n) is 5.50. The molecule has 0 saturated carbocycles. The maximum absolute atomic E-state index is 11.6. The number of amides is 1. The molecule has 1 N–H and O–H groups in total. The van der Waals surface area contributed by atoms with Gasteiger partial charge in [-0.1, -0.05) is 23.2 Å². The van der Waals surface area contributed by atoms with Crippen LogP contribution in [0.5, 0.6) is 0 Å². The minimum Gasteiger partial charge on any atom is -0.472 e. The summed E-state index contributed by atoms with van der Waals surface area (Å²) in [6.45, 7) is -0.438. The number of benzene rings is 1. The molecule has 104 valence electrons. The molecule has 0 atom stereocenters. The van der Waals surface area contributed by atoms with Crippen LogP contribution in [0.2, 0.25) is 10.0 Å². The number of esters is 1. The Morgan fingerprint density at radius 2 is 2.05 bits per heavy atom. The average molecular weight is 314 g/mol. The van der Waals surface area contributed by atoms with Crippen LogP contribution in [-0.4, -0.2) is 18.5 Å². The van der Waals surface area contributed by atoms with E-state index in [0.717, 1.165) is 0 Å². The second-order valence-corrected chi connectivity index (χ2v) is 4.60. The van der Waals surface area contributed by atoms with Gasteiger partial charge in [-0.3, -0.25) is 4.79 Å². The summed E-state index contributed by atoms with van der Waals surface area (Å²) in [7, 11) is 0. The first-order valence-corrected chi connectivity index (χ1v) is 6.26. The Hall–Kier alpha value is -1.98. The zero-order valence-electron chi connectivity index (χ0n) is 10.1. The summed E-state index contributed by atoms with van der Waals surface area (Å²) in [4.78, 5) is 23.1. The van der Waals surface area contributed by atoms with Crippen molar-refractivity contribution in [1.29, 1.82) is 0 Å². The zero-order valence-corrected chi connectivity index (χ0v) is 11.6. The van der Waals surface area contributed by atoms with Crippen molar-refractivity contribution in [2.45, 2.75) is 0 Å². The maximum atomic E-state index is 11.6. The van der Waals surface area contributed by atoms with Gasteiger partial charge >= 0.3 is 5.97 Å². The van der Waals surface area contributed by atoms with E-state index in [9.17, 15) is 9.59 Å². The predicted molar refractivity (Wildman–Crippen MR) is 74.1 cm³/mol. The number of ether oxygens (including phenoxy) is 1. The number of carbonyl (C=O) groups is 2. The fraction of sp³-hybridized carbons (Fsp3) is 0.0769. The van der Waals surface area contributed by atoms with Crippen molar-refractivity contribution in [3.05, 3.63) is 52.4 Å². The van der Waals surface area contributed by atoms with Gasteiger partial charge in [-0.05, 0) is 24.3 Å². The van der Waals surface area contributed by atoms with E-state index in [1.54, 1.807) is 12.1 Å². The first-order chi connectivity index (χ1) is 9.56. The van der Waals surface area contributed by atoms with Crippen LogP contribution in [0.1, 0.15) is 10.4 Å². The summed E-state index contributed by atoms with van der Waals surface area (Å²) < 4.78 is 9.54. The van der Waals surface area contributed by atoms with E-state index in [1.165, 1.54) is 24.7 Å². The third kappa shape index (κ3) is 3.76. The van der Waals surface area contributed by atoms with E-state index in [1.807, 2.05) is 0 Å². The molecular formula is C13H9Cl2NO4. The van der Waals surface area contributed by atoms with Gasteiger partial charge in [0.1, 0.15) is 6.26 Å². The van der Waals surface area contributed by atoms with Gasteiger partial charge in [0.25, 0.3) is 5.91 Å². The summed E-state index contributed by atoms with van der Waals surface area (Å²) in [5.41, 5.74) is 0.585. The molecule has 2 rings (SSSR count). The van der Waals surface area contributed by atoms with Gasteiger partial charge in [-0.25, -0.2) is 4.79 Å². The third-order valence-electron chi connectivity index (χ3n) is 2.29. The lowest BCUT2D eigenvalue weighted by atomic mass is 10.3. The van der Waals surface area contributed by atoms with Gasteiger partial charge in [-0.2, -0.15) is 0 Å². The van der Waals surface area contributed by atoms with Crippen molar-refractivity contribution >= 4 is 40.8 Å². The fourth-order valence-corrected chi connectivity index (χ4v) is 1.71. The molecular weight excluding hydrogens is 305 g/mol. The highest BCUT2D eigenvalue weighted by atomic mass is 35.5. The molecule has 20 heavy (non-hydrogen) atoms. The molecule has 0 aliphatic rings. The van der Waals surface area contributed by atoms with E-state index >= 15 is 0 Å². The molecule has 1 aromatic heterocycles. The van der Waals surface area contributed by atoms with Crippen molar-refractivity contribution < 1.29 is 18.7 Å². The second-order valence-electron chi connectivity index (χ2n) is 3.76. The molecule has 2 aromatic rings. The number of halogens is 2. The van der Waals surface area contributed by atoms with Crippen LogP contribution in [0, 0.1) is 0 Å². The van der Waals surface area contributed by atoms with Gasteiger partial charge in [-0.15, -0.1) is 0 Å². The Bertz CT molecular complexity index is 625. The molecule has 0 spiro atoms. The minimum atomic E-state index is -0.647. The summed E-state index contributed by atoms with van der Waals surface area (Å²) in [5, 5.41) is 3.26. The van der Waals surface area contributed by atoms with Crippen molar-refractivity contribution in [1.82, 2.24) is 0 Å². The van der Waals surface area contributed by atoms with Crippen LogP contribution in [-0.2, 0) is 9.53 Å². The van der Waals surface area contributed by atoms with Gasteiger partial charge < -0.3 is 14.5 Å². The lowest BCUT2D eigenvalue weighted by Gasteiger charge is -2.07. The van der Waals surface area contributed by atoms with Crippen molar-refractivity contribution in [2.24, 2.45) is 0 Å². The maximum Gasteiger partial charge on any atom is 0.341 e. The summed E-state index contributed by atoms with van der Waals surface area (Å²) in [6, 6.07) is 6.09. The topological polar surface area (TPSA) is 68.5 Å². The highest BCUT2D eigenvalue weighted by Crippen LogP contribution is 2.25. The summed E-state index contributed by atoms with van der Waals surface area (Å²) in [6.07, 6.45) is 2.57. The van der Waals surface area contributed by atoms with Gasteiger partial charge in [0.05, 0.1) is 22.5 Å². The first kappa shape index (κ1) is 14.4. The highest BCUT2D eigenvalue weighted by Gasteiger charge is 2.12. The van der Waals surface area contributed by atoms with Gasteiger partial charge in [0.15, 0.2) is 6.61 Å². The van der Waals surface area contributed by atoms with E-state index in [4.69, 9.17) is 32.4 Å². The van der Waals surface area contributed by atoms with Crippen LogP contribution in [0.25, 0.3) is 0 Å². The fourth-order valence-electron chi connectivity index (χ4n) is 1.37. The molecule has 0 saturated heterocycles. The molecule has 0 aliphatic carbocycles. The number of hydrogen-bond donors (Lipinski definition) is 1. The molecule has 0 unspecified atom stereocenters. The Kier molecular flexibility index (Phi) is 4.65. The van der Waals surface area contributed by atoms with Crippen LogP contribution in [0.15, 0.2) is 41.2 Å². The van der Waals surface area contributed by atoms with Crippen LogP contribution in [0.4, 0.5) is 5.69 Å². The normalized spacial score (nSPS) is 10.1. The predicted octanol–water partition coefficient (Wildman–Crippen LogP) is 3.38. The molecule has 0 fully saturated rings. The minimum absolute atomic E-state index is 0.235. The summed E-state index contributed by atoms with van der Waals surface area (Å²) >= 11 is 11.7. The van der Waals surface area contributed by atoms with Crippen LogP contribution in [0.3, 0.4) is 0 Å². The Balaban J connectivity index is 1.90. The lowest BCUT2D eigenvalue weighted by Crippen LogP contribution is -2.20. The number of hydrogen-bond acceptors (Lipinski definition) is 4. The number of nitrogens with one attached hydrogen (secondary N) is 1. The van der Waals surface area contributed by atoms with E-state index in [0.29, 0.717) is 15.7 Å². The quantitative estimate of drug-likeness (QED) is 0.878. The zero-order chi connectivity index (χ0) is 14.5. The number of rotatable bonds is 4. The van der Waals surface area contributed by atoms with Crippen LogP contribution < -0.4 is 5.32 Å². The number of carbonyl (C=O) groups excluding carboxylic acids is 2. The molecule has 0 aliphatic heterocycles. The second kappa shape index (κ2) is 6.45. The van der Waals surface area contributed by atoms with E-state index in [-0.39, 0.29) is 5.56 Å². The molecule has 0 radical (unpaired) electrons. The lowest BCUT2D eigenvalue weighted by molar-refractivity contribution is -0.119. The number of furan rings is 1. The molecule has 7 heteroatoms. The molecule has 0 bridgehead atoms. The monoisotopic (exact) mass is 313 g/mol. The largest absolute Gasteiger partial charge is 0.472 e. The Morgan fingerprint density at radius 3 is 2.75 bits per heavy atom. The standard InChI is InChI=1S/C13H9Cl2NO4/c14-9-1-2-10(15)11(5-9)16-12(17)7-20-13(18)8-3-4-19-6-8/h1-6H,7H2,(H,16,17). The summed E-state index contributed by atoms with van der Waals surface area (Å²) in [5.74, 6) is -1.17. The van der Waals surface area contributed by atoms with E-state index in [2.05, 4.69) is 5.32 Å². The highest BCUT2D eigenvalue weighted by molar-refractivity contribution is 6.35. The smallest absolute Gasteiger partial charge is 0.341 e. The molecule has 1 aromatic carbocycles. The molecule has 1 heterocycles. The molecule has 1 amide bonds. The van der Waals surface area contributed by atoms with E-state index < -0.39 is 18.5 Å². The molecule has 5 nitrogen and oxygen atoms in total. The van der Waals surface area contributed by atoms with Crippen LogP contribution >= 0.6 is 23.2 Å². The SMILES string of the molecule is O=C(COC(=O)c1ccoc1)Nc1cc(Cl)ccc1Cl. The number of anilines is 1. The van der Waals surface area contributed by atoms with Gasteiger partial charge in [0, 0.05) is 5.02 Å². The Labute approximate surface area is 124 Å². The Morgan fingerprint density at radius 1 is 1.25 bits per heavy atom. The van der Waals surface area contributed by atoms with Crippen molar-refractivity contribution in [3.8, 4) is 0 Å². The van der Waals surface area contributed by atoms with Crippen molar-refractivity contribution in [2.75, 3.05) is 11.9 Å². The van der Waals surface area contributed by atoms with Gasteiger partial charge in [0.2, 0.25) is 0 Å². The average Bonchev–Trinajstić information content (AvgIpc) is 2.94.